The average molecular weight is 417 g/mol. The van der Waals surface area contributed by atoms with E-state index in [4.69, 9.17) is 9.47 Å². The fourth-order valence-electron chi connectivity index (χ4n) is 6.92. The van der Waals surface area contributed by atoms with E-state index in [-0.39, 0.29) is 11.3 Å². The molecule has 1 unspecified atom stereocenters. The normalized spacial score (nSPS) is 32.4. The Labute approximate surface area is 182 Å². The van der Waals surface area contributed by atoms with Gasteiger partial charge in [0.05, 0.1) is 25.0 Å². The van der Waals surface area contributed by atoms with E-state index in [1.54, 1.807) is 14.2 Å². The van der Waals surface area contributed by atoms with Gasteiger partial charge in [0.2, 0.25) is 5.91 Å². The van der Waals surface area contributed by atoms with E-state index in [2.05, 4.69) is 42.8 Å². The molecule has 4 aliphatic rings. The molecule has 0 radical (unpaired) electrons. The summed E-state index contributed by atoms with van der Waals surface area (Å²) < 4.78 is 12.0. The highest BCUT2D eigenvalue weighted by Crippen LogP contribution is 2.54. The third kappa shape index (κ3) is 3.19. The molecule has 4 rings (SSSR count). The first-order valence-electron chi connectivity index (χ1n) is 12.0. The highest BCUT2D eigenvalue weighted by atomic mass is 16.5. The van der Waals surface area contributed by atoms with E-state index >= 15 is 0 Å². The molecule has 2 bridgehead atoms. The smallest absolute Gasteiger partial charge is 0.237 e. The molecule has 168 valence electrons. The van der Waals surface area contributed by atoms with Crippen molar-refractivity contribution in [3.63, 3.8) is 0 Å². The van der Waals surface area contributed by atoms with E-state index in [0.717, 1.165) is 63.0 Å². The molecule has 3 heterocycles. The molecular formula is C25H40N2O3. The molecule has 30 heavy (non-hydrogen) atoms. The van der Waals surface area contributed by atoms with E-state index in [9.17, 15) is 4.79 Å². The van der Waals surface area contributed by atoms with Crippen LogP contribution in [0.3, 0.4) is 0 Å². The number of nitrogens with zero attached hydrogens (tertiary/aromatic N) is 2. The summed E-state index contributed by atoms with van der Waals surface area (Å²) >= 11 is 0. The lowest BCUT2D eigenvalue weighted by Crippen LogP contribution is -2.50. The number of fused-ring (bicyclic) bond motifs is 2. The average Bonchev–Trinajstić information content (AvgIpc) is 3.13. The van der Waals surface area contributed by atoms with E-state index in [1.807, 2.05) is 0 Å². The maximum Gasteiger partial charge on any atom is 0.237 e. The van der Waals surface area contributed by atoms with Crippen molar-refractivity contribution < 1.29 is 14.3 Å². The number of likely N-dealkylation sites (tertiary alicyclic amines) is 1. The minimum Gasteiger partial charge on any atom is -0.500 e. The van der Waals surface area contributed by atoms with Gasteiger partial charge < -0.3 is 19.3 Å². The van der Waals surface area contributed by atoms with Crippen molar-refractivity contribution in [1.29, 1.82) is 0 Å². The first kappa shape index (κ1) is 21.7. The molecule has 1 amide bonds. The Bertz CT molecular complexity index is 684. The zero-order valence-electron chi connectivity index (χ0n) is 19.6. The molecule has 0 N–H and O–H groups in total. The van der Waals surface area contributed by atoms with Gasteiger partial charge in [-0.3, -0.25) is 4.79 Å². The number of amides is 1. The van der Waals surface area contributed by atoms with Crippen LogP contribution in [0, 0.1) is 10.8 Å². The molecule has 3 saturated heterocycles. The van der Waals surface area contributed by atoms with Gasteiger partial charge in [-0.05, 0) is 64.1 Å². The van der Waals surface area contributed by atoms with E-state index in [0.29, 0.717) is 18.1 Å². The fraction of sp³-hybridized carbons (Fsp3) is 0.800. The van der Waals surface area contributed by atoms with Crippen LogP contribution in [0.15, 0.2) is 23.7 Å². The van der Waals surface area contributed by atoms with Gasteiger partial charge in [-0.2, -0.15) is 0 Å². The lowest BCUT2D eigenvalue weighted by molar-refractivity contribution is -0.135. The molecule has 1 aliphatic carbocycles. The molecule has 1 spiro atoms. The van der Waals surface area contributed by atoms with Gasteiger partial charge in [0, 0.05) is 24.7 Å². The lowest BCUT2D eigenvalue weighted by Gasteiger charge is -2.43. The highest BCUT2D eigenvalue weighted by molar-refractivity contribution is 5.90. The van der Waals surface area contributed by atoms with Crippen LogP contribution in [0.2, 0.25) is 0 Å². The van der Waals surface area contributed by atoms with Crippen LogP contribution in [-0.2, 0) is 14.3 Å². The molecule has 0 aromatic rings. The molecule has 3 fully saturated rings. The second-order valence-corrected chi connectivity index (χ2v) is 9.97. The molecule has 5 nitrogen and oxygen atoms in total. The zero-order chi connectivity index (χ0) is 21.5. The monoisotopic (exact) mass is 416 g/mol. The van der Waals surface area contributed by atoms with Crippen LogP contribution in [0.1, 0.15) is 71.6 Å². The Morgan fingerprint density at radius 1 is 0.967 bits per heavy atom. The number of piperidine rings is 1. The van der Waals surface area contributed by atoms with Crippen molar-refractivity contribution in [2.45, 2.75) is 89.8 Å². The number of carbonyl (C=O) groups excluding carboxylic acids is 1. The summed E-state index contributed by atoms with van der Waals surface area (Å²) in [5.74, 6) is 2.12. The third-order valence-corrected chi connectivity index (χ3v) is 8.45. The van der Waals surface area contributed by atoms with Crippen LogP contribution in [0.4, 0.5) is 0 Å². The zero-order valence-corrected chi connectivity index (χ0v) is 19.6. The quantitative estimate of drug-likeness (QED) is 0.613. The van der Waals surface area contributed by atoms with Gasteiger partial charge in [0.25, 0.3) is 0 Å². The first-order valence-corrected chi connectivity index (χ1v) is 12.0. The second kappa shape index (κ2) is 8.22. The number of rotatable bonds is 7. The van der Waals surface area contributed by atoms with Crippen molar-refractivity contribution in [3.05, 3.63) is 23.7 Å². The Morgan fingerprint density at radius 3 is 1.97 bits per heavy atom. The Morgan fingerprint density at radius 2 is 1.50 bits per heavy atom. The van der Waals surface area contributed by atoms with Crippen molar-refractivity contribution in [2.24, 2.45) is 10.8 Å². The number of hydrogen-bond acceptors (Lipinski definition) is 4. The van der Waals surface area contributed by atoms with Gasteiger partial charge in [0.1, 0.15) is 11.5 Å². The Balaban J connectivity index is 1.64. The second-order valence-electron chi connectivity index (χ2n) is 9.97. The summed E-state index contributed by atoms with van der Waals surface area (Å²) in [6.07, 6.45) is 14.0. The topological polar surface area (TPSA) is 42.0 Å². The maximum atomic E-state index is 13.9. The molecular weight excluding hydrogens is 376 g/mol. The summed E-state index contributed by atoms with van der Waals surface area (Å²) in [7, 11) is 5.77. The molecule has 3 aliphatic heterocycles. The van der Waals surface area contributed by atoms with Gasteiger partial charge in [-0.15, -0.1) is 0 Å². The third-order valence-electron chi connectivity index (χ3n) is 8.45. The minimum atomic E-state index is -0.607. The van der Waals surface area contributed by atoms with Crippen LogP contribution in [-0.4, -0.2) is 61.6 Å². The van der Waals surface area contributed by atoms with Crippen molar-refractivity contribution in [2.75, 3.05) is 27.8 Å². The van der Waals surface area contributed by atoms with E-state index < -0.39 is 5.41 Å². The summed E-state index contributed by atoms with van der Waals surface area (Å²) in [4.78, 5) is 18.6. The van der Waals surface area contributed by atoms with Crippen molar-refractivity contribution >= 4 is 5.91 Å². The lowest BCUT2D eigenvalue weighted by atomic mass is 9.67. The molecule has 0 aromatic heterocycles. The maximum absolute atomic E-state index is 13.9. The molecule has 0 saturated carbocycles. The van der Waals surface area contributed by atoms with E-state index in [1.165, 1.54) is 12.8 Å². The fourth-order valence-corrected chi connectivity index (χ4v) is 6.92. The van der Waals surface area contributed by atoms with Crippen LogP contribution < -0.4 is 0 Å². The Kier molecular flexibility index (Phi) is 5.95. The predicted octanol–water partition coefficient (Wildman–Crippen LogP) is 4.49. The molecule has 0 aromatic carbocycles. The Hall–Kier alpha value is -1.49. The molecule has 3 atom stereocenters. The number of carbonyl (C=O) groups is 1. The van der Waals surface area contributed by atoms with Gasteiger partial charge in [-0.25, -0.2) is 0 Å². The van der Waals surface area contributed by atoms with Gasteiger partial charge in [0.15, 0.2) is 0 Å². The highest BCUT2D eigenvalue weighted by Gasteiger charge is 2.54. The summed E-state index contributed by atoms with van der Waals surface area (Å²) in [5.41, 5.74) is -0.845. The van der Waals surface area contributed by atoms with Gasteiger partial charge >= 0.3 is 0 Å². The summed E-state index contributed by atoms with van der Waals surface area (Å²) in [6.45, 7) is 5.25. The van der Waals surface area contributed by atoms with Crippen molar-refractivity contribution in [1.82, 2.24) is 9.80 Å². The molecule has 5 heteroatoms. The summed E-state index contributed by atoms with van der Waals surface area (Å²) in [5, 5.41) is 0. The van der Waals surface area contributed by atoms with Gasteiger partial charge in [-0.1, -0.05) is 26.7 Å². The predicted molar refractivity (Wildman–Crippen MR) is 119 cm³/mol. The van der Waals surface area contributed by atoms with Crippen LogP contribution >= 0.6 is 0 Å². The standard InChI is InChI=1S/C25H40N2O3/c1-6-10-25(11-7-2)21(29-4)16-24(17-22(25)30-5)12-13-27(23(24)28)20-14-18-8-9-19(15-20)26(18)3/h16-20H,6-15H2,1-5H3/t18-,19+,20?. The number of hydrogen-bond donors (Lipinski definition) is 0. The first-order chi connectivity index (χ1) is 14.4. The SMILES string of the molecule is CCCC1(CCC)C(OC)=CC2(C=C1OC)CCN(C1C[C@H]3CC[C@@H](C1)N3C)C2=O. The minimum absolute atomic E-state index is 0.237. The van der Waals surface area contributed by atoms with Crippen LogP contribution in [0.5, 0.6) is 0 Å². The number of ether oxygens (including phenoxy) is 2. The largest absolute Gasteiger partial charge is 0.500 e. The van der Waals surface area contributed by atoms with Crippen LogP contribution in [0.25, 0.3) is 0 Å². The summed E-state index contributed by atoms with van der Waals surface area (Å²) in [6, 6.07) is 1.66. The number of methoxy groups -OCH3 is 2. The van der Waals surface area contributed by atoms with Crippen molar-refractivity contribution in [3.8, 4) is 0 Å².